The van der Waals surface area contributed by atoms with Crippen LogP contribution in [0.3, 0.4) is 0 Å². The van der Waals surface area contributed by atoms with Crippen LogP contribution in [0, 0.1) is 13.8 Å². The van der Waals surface area contributed by atoms with Gasteiger partial charge in [-0.05, 0) is 37.1 Å². The number of aryl methyl sites for hydroxylation is 2. The van der Waals surface area contributed by atoms with Gasteiger partial charge in [0.05, 0.1) is 13.2 Å². The number of ether oxygens (including phenoxy) is 2. The van der Waals surface area contributed by atoms with Gasteiger partial charge in [0, 0.05) is 17.0 Å². The van der Waals surface area contributed by atoms with Crippen LogP contribution in [0.25, 0.3) is 0 Å². The first-order valence-electron chi connectivity index (χ1n) is 6.14. The van der Waals surface area contributed by atoms with Crippen LogP contribution in [-0.4, -0.2) is 13.2 Å². The van der Waals surface area contributed by atoms with E-state index >= 15 is 0 Å². The number of halogens is 1. The molecule has 0 aromatic heterocycles. The van der Waals surface area contributed by atoms with Crippen LogP contribution in [0.4, 0.5) is 0 Å². The van der Waals surface area contributed by atoms with Gasteiger partial charge in [-0.3, -0.25) is 0 Å². The molecule has 1 aliphatic heterocycles. The molecule has 0 atom stereocenters. The van der Waals surface area contributed by atoms with E-state index in [1.54, 1.807) is 0 Å². The molecule has 2 rings (SSSR count). The SMILES string of the molecule is CCCC1(c2cc(C)c(C)cc2Cl)OCCO1. The lowest BCUT2D eigenvalue weighted by Crippen LogP contribution is -2.27. The fourth-order valence-corrected chi connectivity index (χ4v) is 2.65. The van der Waals surface area contributed by atoms with Gasteiger partial charge in [-0.2, -0.15) is 0 Å². The molecular weight excluding hydrogens is 236 g/mol. The fourth-order valence-electron chi connectivity index (χ4n) is 2.29. The zero-order valence-electron chi connectivity index (χ0n) is 10.7. The second kappa shape index (κ2) is 4.97. The molecule has 0 radical (unpaired) electrons. The molecule has 0 saturated carbocycles. The average Bonchev–Trinajstić information content (AvgIpc) is 2.73. The van der Waals surface area contributed by atoms with Crippen LogP contribution in [0.2, 0.25) is 5.02 Å². The van der Waals surface area contributed by atoms with Crippen molar-refractivity contribution in [2.45, 2.75) is 39.4 Å². The summed E-state index contributed by atoms with van der Waals surface area (Å²) >= 11 is 6.35. The molecule has 1 fully saturated rings. The largest absolute Gasteiger partial charge is 0.343 e. The van der Waals surface area contributed by atoms with Gasteiger partial charge in [0.15, 0.2) is 5.79 Å². The molecule has 17 heavy (non-hydrogen) atoms. The Bertz CT molecular complexity index is 409. The zero-order chi connectivity index (χ0) is 12.5. The molecular formula is C14H19ClO2. The van der Waals surface area contributed by atoms with E-state index in [1.165, 1.54) is 11.1 Å². The Labute approximate surface area is 108 Å². The van der Waals surface area contributed by atoms with Crippen LogP contribution in [0.15, 0.2) is 12.1 Å². The quantitative estimate of drug-likeness (QED) is 0.813. The van der Waals surface area contributed by atoms with Crippen molar-refractivity contribution in [2.75, 3.05) is 13.2 Å². The molecule has 2 nitrogen and oxygen atoms in total. The highest BCUT2D eigenvalue weighted by Crippen LogP contribution is 2.40. The molecule has 1 heterocycles. The lowest BCUT2D eigenvalue weighted by atomic mass is 9.97. The lowest BCUT2D eigenvalue weighted by molar-refractivity contribution is -0.170. The molecule has 0 N–H and O–H groups in total. The van der Waals surface area contributed by atoms with Gasteiger partial charge in [-0.15, -0.1) is 0 Å². The summed E-state index contributed by atoms with van der Waals surface area (Å²) in [6, 6.07) is 4.09. The maximum atomic E-state index is 6.35. The van der Waals surface area contributed by atoms with Crippen LogP contribution in [-0.2, 0) is 15.3 Å². The van der Waals surface area contributed by atoms with Crippen LogP contribution in [0.5, 0.6) is 0 Å². The first-order chi connectivity index (χ1) is 8.09. The van der Waals surface area contributed by atoms with E-state index in [0.717, 1.165) is 23.4 Å². The Kier molecular flexibility index (Phi) is 3.76. The minimum atomic E-state index is -0.621. The smallest absolute Gasteiger partial charge is 0.196 e. The summed E-state index contributed by atoms with van der Waals surface area (Å²) in [6.45, 7) is 7.56. The lowest BCUT2D eigenvalue weighted by Gasteiger charge is -2.29. The monoisotopic (exact) mass is 254 g/mol. The van der Waals surface area contributed by atoms with Gasteiger partial charge in [-0.1, -0.05) is 24.9 Å². The Morgan fingerprint density at radius 3 is 2.35 bits per heavy atom. The highest BCUT2D eigenvalue weighted by Gasteiger charge is 2.39. The van der Waals surface area contributed by atoms with Crippen molar-refractivity contribution in [3.63, 3.8) is 0 Å². The van der Waals surface area contributed by atoms with Crippen molar-refractivity contribution in [1.29, 1.82) is 0 Å². The second-order valence-corrected chi connectivity index (χ2v) is 5.02. The summed E-state index contributed by atoms with van der Waals surface area (Å²) in [7, 11) is 0. The van der Waals surface area contributed by atoms with Gasteiger partial charge < -0.3 is 9.47 Å². The van der Waals surface area contributed by atoms with Gasteiger partial charge in [0.25, 0.3) is 0 Å². The van der Waals surface area contributed by atoms with E-state index < -0.39 is 5.79 Å². The van der Waals surface area contributed by atoms with Crippen LogP contribution < -0.4 is 0 Å². The molecule has 0 spiro atoms. The number of hydrogen-bond acceptors (Lipinski definition) is 2. The molecule has 94 valence electrons. The minimum absolute atomic E-state index is 0.621. The highest BCUT2D eigenvalue weighted by molar-refractivity contribution is 6.31. The summed E-state index contributed by atoms with van der Waals surface area (Å²) in [5, 5.41) is 0.739. The maximum absolute atomic E-state index is 6.35. The first-order valence-corrected chi connectivity index (χ1v) is 6.52. The molecule has 0 amide bonds. The molecule has 0 bridgehead atoms. The average molecular weight is 255 g/mol. The van der Waals surface area contributed by atoms with Crippen molar-refractivity contribution >= 4 is 11.6 Å². The fraction of sp³-hybridized carbons (Fsp3) is 0.571. The molecule has 0 unspecified atom stereocenters. The van der Waals surface area contributed by atoms with Gasteiger partial charge in [0.2, 0.25) is 0 Å². The number of hydrogen-bond donors (Lipinski definition) is 0. The maximum Gasteiger partial charge on any atom is 0.196 e. The van der Waals surface area contributed by atoms with Gasteiger partial charge in [-0.25, -0.2) is 0 Å². The first kappa shape index (κ1) is 12.9. The second-order valence-electron chi connectivity index (χ2n) is 4.62. The molecule has 1 saturated heterocycles. The van der Waals surface area contributed by atoms with E-state index in [-0.39, 0.29) is 0 Å². The summed E-state index contributed by atoms with van der Waals surface area (Å²) < 4.78 is 11.7. The predicted octanol–water partition coefficient (Wildman–Crippen LogP) is 3.96. The van der Waals surface area contributed by atoms with Crippen molar-refractivity contribution in [1.82, 2.24) is 0 Å². The third-order valence-corrected chi connectivity index (χ3v) is 3.64. The van der Waals surface area contributed by atoms with Crippen LogP contribution >= 0.6 is 11.6 Å². The summed E-state index contributed by atoms with van der Waals surface area (Å²) in [6.07, 6.45) is 1.85. The molecule has 1 aliphatic rings. The standard InChI is InChI=1S/C14H19ClO2/c1-4-5-14(16-6-7-17-14)12-8-10(2)11(3)9-13(12)15/h8-9H,4-7H2,1-3H3. The Morgan fingerprint density at radius 2 is 1.76 bits per heavy atom. The van der Waals surface area contributed by atoms with E-state index in [2.05, 4.69) is 26.8 Å². The van der Waals surface area contributed by atoms with Gasteiger partial charge in [0.1, 0.15) is 0 Å². The van der Waals surface area contributed by atoms with Crippen molar-refractivity contribution in [3.8, 4) is 0 Å². The summed E-state index contributed by atoms with van der Waals surface area (Å²) in [5.41, 5.74) is 3.39. The number of benzene rings is 1. The minimum Gasteiger partial charge on any atom is -0.343 e. The van der Waals surface area contributed by atoms with E-state index in [1.807, 2.05) is 6.07 Å². The summed E-state index contributed by atoms with van der Waals surface area (Å²) in [5.74, 6) is -0.621. The summed E-state index contributed by atoms with van der Waals surface area (Å²) in [4.78, 5) is 0. The molecule has 1 aromatic carbocycles. The Balaban J connectivity index is 2.46. The molecule has 0 aliphatic carbocycles. The van der Waals surface area contributed by atoms with Crippen molar-refractivity contribution in [2.24, 2.45) is 0 Å². The normalized spacial score (nSPS) is 18.6. The Morgan fingerprint density at radius 1 is 1.18 bits per heavy atom. The highest BCUT2D eigenvalue weighted by atomic mass is 35.5. The number of rotatable bonds is 3. The topological polar surface area (TPSA) is 18.5 Å². The van der Waals surface area contributed by atoms with E-state index in [4.69, 9.17) is 21.1 Å². The van der Waals surface area contributed by atoms with Gasteiger partial charge >= 0.3 is 0 Å². The van der Waals surface area contributed by atoms with Crippen molar-refractivity contribution < 1.29 is 9.47 Å². The van der Waals surface area contributed by atoms with Crippen molar-refractivity contribution in [3.05, 3.63) is 33.8 Å². The predicted molar refractivity (Wildman–Crippen MR) is 69.4 cm³/mol. The Hall–Kier alpha value is -0.570. The third kappa shape index (κ3) is 2.35. The third-order valence-electron chi connectivity index (χ3n) is 3.33. The van der Waals surface area contributed by atoms with Crippen LogP contribution in [0.1, 0.15) is 36.5 Å². The van der Waals surface area contributed by atoms with E-state index in [9.17, 15) is 0 Å². The zero-order valence-corrected chi connectivity index (χ0v) is 11.4. The molecule has 1 aromatic rings. The van der Waals surface area contributed by atoms with E-state index in [0.29, 0.717) is 13.2 Å². The molecule has 3 heteroatoms.